The van der Waals surface area contributed by atoms with Gasteiger partial charge in [0.25, 0.3) is 5.91 Å². The van der Waals surface area contributed by atoms with Crippen molar-refractivity contribution in [2.24, 2.45) is 0 Å². The van der Waals surface area contributed by atoms with Crippen LogP contribution in [0.2, 0.25) is 0 Å². The number of carbonyl (C=O) groups is 2. The van der Waals surface area contributed by atoms with Crippen molar-refractivity contribution >= 4 is 17.5 Å². The van der Waals surface area contributed by atoms with E-state index in [1.54, 1.807) is 37.2 Å². The van der Waals surface area contributed by atoms with Crippen LogP contribution in [0.3, 0.4) is 0 Å². The molecule has 0 saturated heterocycles. The van der Waals surface area contributed by atoms with Crippen molar-refractivity contribution in [3.05, 3.63) is 53.1 Å². The molecule has 37 heavy (non-hydrogen) atoms. The Morgan fingerprint density at radius 1 is 1.14 bits per heavy atom. The van der Waals surface area contributed by atoms with E-state index in [4.69, 9.17) is 9.47 Å². The third-order valence-electron chi connectivity index (χ3n) is 6.00. The van der Waals surface area contributed by atoms with Crippen molar-refractivity contribution < 1.29 is 32.2 Å². The fourth-order valence-electron chi connectivity index (χ4n) is 4.32. The second kappa shape index (κ2) is 12.3. The molecule has 10 heteroatoms. The average Bonchev–Trinajstić information content (AvgIpc) is 3.28. The Labute approximate surface area is 215 Å². The minimum atomic E-state index is -4.43. The van der Waals surface area contributed by atoms with Gasteiger partial charge in [0.05, 0.1) is 11.3 Å². The number of halogens is 3. The molecule has 1 atom stereocenters. The second-order valence-corrected chi connectivity index (χ2v) is 9.26. The molecule has 7 nitrogen and oxygen atoms in total. The number of nitrogens with one attached hydrogen (secondary N) is 1. The third-order valence-corrected chi connectivity index (χ3v) is 6.00. The maximum atomic E-state index is 13.0. The Morgan fingerprint density at radius 2 is 1.81 bits per heavy atom. The molecule has 0 fully saturated rings. The quantitative estimate of drug-likeness (QED) is 0.449. The molecule has 0 spiro atoms. The first-order valence-electron chi connectivity index (χ1n) is 12.3. The van der Waals surface area contributed by atoms with Crippen LogP contribution in [0, 0.1) is 0 Å². The van der Waals surface area contributed by atoms with Crippen LogP contribution in [0.4, 0.5) is 18.9 Å². The zero-order valence-electron chi connectivity index (χ0n) is 21.7. The largest absolute Gasteiger partial charge is 0.488 e. The first-order valence-corrected chi connectivity index (χ1v) is 12.3. The van der Waals surface area contributed by atoms with Gasteiger partial charge in [0.15, 0.2) is 18.1 Å². The number of anilines is 1. The molecule has 1 unspecified atom stereocenters. The Bertz CT molecular complexity index is 1100. The number of hydrogen-bond donors (Lipinski definition) is 1. The Morgan fingerprint density at radius 3 is 2.43 bits per heavy atom. The third kappa shape index (κ3) is 7.61. The SMILES string of the molecule is CCC(=O)N1CCc2cc(CC(C)NCCOc3ccccc3OCC(F)(F)F)cc(C(=O)N(C)C)c21. The summed E-state index contributed by atoms with van der Waals surface area (Å²) in [7, 11) is 3.39. The number of nitrogens with zero attached hydrogens (tertiary/aromatic N) is 2. The van der Waals surface area contributed by atoms with Crippen LogP contribution in [0.1, 0.15) is 41.8 Å². The lowest BCUT2D eigenvalue weighted by molar-refractivity contribution is -0.153. The van der Waals surface area contributed by atoms with Gasteiger partial charge in [-0.25, -0.2) is 0 Å². The van der Waals surface area contributed by atoms with Gasteiger partial charge in [-0.1, -0.05) is 25.1 Å². The van der Waals surface area contributed by atoms with Crippen LogP contribution in [0.15, 0.2) is 36.4 Å². The lowest BCUT2D eigenvalue weighted by Crippen LogP contribution is -2.32. The van der Waals surface area contributed by atoms with Crippen LogP contribution in [-0.4, -0.2) is 69.3 Å². The first kappa shape index (κ1) is 28.3. The van der Waals surface area contributed by atoms with Gasteiger partial charge in [-0.05, 0) is 49.1 Å². The Kier molecular flexibility index (Phi) is 9.42. The molecule has 1 heterocycles. The van der Waals surface area contributed by atoms with Crippen molar-refractivity contribution in [2.45, 2.75) is 45.3 Å². The molecule has 0 aliphatic carbocycles. The molecule has 0 radical (unpaired) electrons. The van der Waals surface area contributed by atoms with Crippen LogP contribution < -0.4 is 19.7 Å². The fraction of sp³-hybridized carbons (Fsp3) is 0.481. The van der Waals surface area contributed by atoms with Gasteiger partial charge < -0.3 is 24.6 Å². The predicted octanol–water partition coefficient (Wildman–Crippen LogP) is 4.23. The van der Waals surface area contributed by atoms with Crippen LogP contribution >= 0.6 is 0 Å². The molecule has 0 bridgehead atoms. The molecule has 0 saturated carbocycles. The van der Waals surface area contributed by atoms with E-state index in [2.05, 4.69) is 11.4 Å². The van der Waals surface area contributed by atoms with Crippen molar-refractivity contribution in [3.8, 4) is 11.5 Å². The highest BCUT2D eigenvalue weighted by Gasteiger charge is 2.31. The highest BCUT2D eigenvalue weighted by molar-refractivity contribution is 6.06. The summed E-state index contributed by atoms with van der Waals surface area (Å²) >= 11 is 0. The molecular formula is C27H34F3N3O4. The van der Waals surface area contributed by atoms with Crippen molar-refractivity contribution in [2.75, 3.05) is 45.3 Å². The minimum absolute atomic E-state index is 0.000259. The summed E-state index contributed by atoms with van der Waals surface area (Å²) in [6, 6.07) is 10.2. The summed E-state index contributed by atoms with van der Waals surface area (Å²) in [5.41, 5.74) is 3.23. The zero-order chi connectivity index (χ0) is 27.2. The minimum Gasteiger partial charge on any atom is -0.488 e. The van der Waals surface area contributed by atoms with Crippen molar-refractivity contribution in [3.63, 3.8) is 0 Å². The smallest absolute Gasteiger partial charge is 0.422 e. The number of alkyl halides is 3. The molecule has 0 aromatic heterocycles. The molecular weight excluding hydrogens is 487 g/mol. The van der Waals surface area contributed by atoms with Gasteiger partial charge in [-0.3, -0.25) is 9.59 Å². The maximum Gasteiger partial charge on any atom is 0.422 e. The number of ether oxygens (including phenoxy) is 2. The number of hydrogen-bond acceptors (Lipinski definition) is 5. The standard InChI is InChI=1S/C27H34F3N3O4/c1-5-24(34)33-12-10-20-15-19(16-21(25(20)33)26(35)32(3)4)14-18(2)31-11-13-36-22-8-6-7-9-23(22)37-17-27(28,29)30/h6-9,15-16,18,31H,5,10-14,17H2,1-4H3. The Hall–Kier alpha value is -3.27. The van der Waals surface area contributed by atoms with Gasteiger partial charge in [0.1, 0.15) is 6.61 Å². The summed E-state index contributed by atoms with van der Waals surface area (Å²) in [4.78, 5) is 28.6. The van der Waals surface area contributed by atoms with Gasteiger partial charge in [0, 0.05) is 39.6 Å². The van der Waals surface area contributed by atoms with E-state index < -0.39 is 12.8 Å². The lowest BCUT2D eigenvalue weighted by Gasteiger charge is -2.23. The predicted molar refractivity (Wildman–Crippen MR) is 135 cm³/mol. The highest BCUT2D eigenvalue weighted by atomic mass is 19.4. The van der Waals surface area contributed by atoms with Gasteiger partial charge >= 0.3 is 6.18 Å². The van der Waals surface area contributed by atoms with E-state index in [0.717, 1.165) is 16.8 Å². The summed E-state index contributed by atoms with van der Waals surface area (Å²) in [6.45, 7) is 3.70. The van der Waals surface area contributed by atoms with E-state index >= 15 is 0 Å². The van der Waals surface area contributed by atoms with E-state index in [9.17, 15) is 22.8 Å². The highest BCUT2D eigenvalue weighted by Crippen LogP contribution is 2.35. The van der Waals surface area contributed by atoms with E-state index in [1.165, 1.54) is 11.0 Å². The molecule has 3 rings (SSSR count). The average molecular weight is 522 g/mol. The molecule has 202 valence electrons. The van der Waals surface area contributed by atoms with E-state index in [0.29, 0.717) is 37.9 Å². The summed E-state index contributed by atoms with van der Waals surface area (Å²) in [5, 5.41) is 3.35. The second-order valence-electron chi connectivity index (χ2n) is 9.26. The van der Waals surface area contributed by atoms with Gasteiger partial charge in [-0.15, -0.1) is 0 Å². The molecule has 2 aromatic carbocycles. The number of benzene rings is 2. The Balaban J connectivity index is 1.61. The zero-order valence-corrected chi connectivity index (χ0v) is 21.7. The topological polar surface area (TPSA) is 71.1 Å². The van der Waals surface area contributed by atoms with E-state index in [-0.39, 0.29) is 36.0 Å². The fourth-order valence-corrected chi connectivity index (χ4v) is 4.32. The summed E-state index contributed by atoms with van der Waals surface area (Å²) in [6.07, 6.45) is -2.71. The molecule has 1 aliphatic rings. The number of rotatable bonds is 11. The molecule has 2 amide bonds. The summed E-state index contributed by atoms with van der Waals surface area (Å²) in [5.74, 6) is 0.145. The number of para-hydroxylation sites is 2. The number of fused-ring (bicyclic) bond motifs is 1. The van der Waals surface area contributed by atoms with Crippen LogP contribution in [-0.2, 0) is 17.6 Å². The van der Waals surface area contributed by atoms with E-state index in [1.807, 2.05) is 19.9 Å². The van der Waals surface area contributed by atoms with Gasteiger partial charge in [0.2, 0.25) is 5.91 Å². The maximum absolute atomic E-state index is 13.0. The van der Waals surface area contributed by atoms with Crippen molar-refractivity contribution in [1.82, 2.24) is 10.2 Å². The first-order chi connectivity index (χ1) is 17.5. The normalized spacial score (nSPS) is 13.8. The molecule has 1 aliphatic heterocycles. The van der Waals surface area contributed by atoms with Crippen LogP contribution in [0.5, 0.6) is 11.5 Å². The lowest BCUT2D eigenvalue weighted by atomic mass is 9.97. The van der Waals surface area contributed by atoms with Crippen molar-refractivity contribution in [1.29, 1.82) is 0 Å². The summed E-state index contributed by atoms with van der Waals surface area (Å²) < 4.78 is 47.9. The van der Waals surface area contributed by atoms with Crippen LogP contribution in [0.25, 0.3) is 0 Å². The monoisotopic (exact) mass is 521 g/mol. The van der Waals surface area contributed by atoms with Gasteiger partial charge in [-0.2, -0.15) is 13.2 Å². The molecule has 1 N–H and O–H groups in total. The molecule has 2 aromatic rings. The number of amides is 2. The number of carbonyl (C=O) groups excluding carboxylic acids is 2.